The van der Waals surface area contributed by atoms with Crippen LogP contribution in [0.15, 0.2) is 12.1 Å². The Labute approximate surface area is 162 Å². The second-order valence-corrected chi connectivity index (χ2v) is 9.01. The Morgan fingerprint density at radius 2 is 1.82 bits per heavy atom. The van der Waals surface area contributed by atoms with Crippen molar-refractivity contribution in [1.82, 2.24) is 19.8 Å². The van der Waals surface area contributed by atoms with Crippen LogP contribution in [0.5, 0.6) is 0 Å². The maximum absolute atomic E-state index is 13.8. The van der Waals surface area contributed by atoms with Crippen LogP contribution in [0.2, 0.25) is 0 Å². The third-order valence-electron chi connectivity index (χ3n) is 6.06. The van der Waals surface area contributed by atoms with Gasteiger partial charge in [-0.3, -0.25) is 0 Å². The lowest BCUT2D eigenvalue weighted by molar-refractivity contribution is -0.223. The van der Waals surface area contributed by atoms with Gasteiger partial charge in [-0.15, -0.1) is 15.3 Å². The predicted molar refractivity (Wildman–Crippen MR) is 98.3 cm³/mol. The zero-order chi connectivity index (χ0) is 20.2. The normalized spacial score (nSPS) is 23.5. The van der Waals surface area contributed by atoms with Gasteiger partial charge in [0, 0.05) is 37.1 Å². The Kier molecular flexibility index (Phi) is 4.56. The van der Waals surface area contributed by atoms with E-state index in [1.54, 1.807) is 4.52 Å². The summed E-state index contributed by atoms with van der Waals surface area (Å²) in [5.41, 5.74) is -0.415. The van der Waals surface area contributed by atoms with Crippen molar-refractivity contribution in [3.8, 4) is 0 Å². The molecule has 154 valence electrons. The minimum Gasteiger partial charge on any atom is -0.381 e. The molecular weight excluding hydrogens is 371 g/mol. The first-order valence-electron chi connectivity index (χ1n) is 9.73. The van der Waals surface area contributed by atoms with Crippen LogP contribution in [0.1, 0.15) is 45.9 Å². The van der Waals surface area contributed by atoms with E-state index >= 15 is 0 Å². The molecule has 0 unspecified atom stereocenters. The number of aromatic nitrogens is 4. The highest BCUT2D eigenvalue weighted by atomic mass is 19.4. The van der Waals surface area contributed by atoms with Crippen molar-refractivity contribution < 1.29 is 17.9 Å². The van der Waals surface area contributed by atoms with Crippen LogP contribution in [0, 0.1) is 11.3 Å². The van der Waals surface area contributed by atoms with Gasteiger partial charge >= 0.3 is 6.18 Å². The van der Waals surface area contributed by atoms with Gasteiger partial charge in [-0.25, -0.2) is 0 Å². The molecule has 2 saturated heterocycles. The van der Waals surface area contributed by atoms with Crippen molar-refractivity contribution in [3.05, 3.63) is 18.0 Å². The maximum atomic E-state index is 13.8. The summed E-state index contributed by atoms with van der Waals surface area (Å²) >= 11 is 0. The molecule has 0 bridgehead atoms. The molecule has 28 heavy (non-hydrogen) atoms. The smallest absolute Gasteiger partial charge is 0.381 e. The summed E-state index contributed by atoms with van der Waals surface area (Å²) in [7, 11) is 0. The van der Waals surface area contributed by atoms with Gasteiger partial charge in [0.05, 0.1) is 5.92 Å². The van der Waals surface area contributed by atoms with E-state index in [1.807, 2.05) is 37.8 Å². The number of alkyl halides is 3. The van der Waals surface area contributed by atoms with Gasteiger partial charge in [-0.05, 0) is 31.4 Å². The SMILES string of the molecule is CC(C)(C)c1nnc2ccc(N3CC[C@@H](C(F)(F)F)C4(CCOCC4)C3)nn12. The molecule has 2 aromatic heterocycles. The number of nitrogens with zero attached hydrogens (tertiary/aromatic N) is 5. The minimum absolute atomic E-state index is 0.0809. The number of hydrogen-bond donors (Lipinski definition) is 0. The molecule has 0 N–H and O–H groups in total. The molecule has 9 heteroatoms. The second kappa shape index (κ2) is 6.57. The fourth-order valence-electron chi connectivity index (χ4n) is 4.57. The first kappa shape index (κ1) is 19.4. The molecule has 0 amide bonds. The molecule has 4 heterocycles. The standard InChI is InChI=1S/C19H26F3N5O/c1-17(2,3)16-24-23-14-4-5-15(25-27(14)16)26-9-6-13(19(20,21)22)18(12-26)7-10-28-11-8-18/h4-5,13H,6-12H2,1-3H3/t13-/m1/s1. The van der Waals surface area contributed by atoms with Crippen molar-refractivity contribution in [2.24, 2.45) is 11.3 Å². The molecule has 2 fully saturated rings. The van der Waals surface area contributed by atoms with E-state index in [0.29, 0.717) is 50.6 Å². The first-order valence-corrected chi connectivity index (χ1v) is 9.73. The first-order chi connectivity index (χ1) is 13.1. The lowest BCUT2D eigenvalue weighted by atomic mass is 9.65. The lowest BCUT2D eigenvalue weighted by Gasteiger charge is -2.50. The summed E-state index contributed by atoms with van der Waals surface area (Å²) in [5, 5.41) is 13.1. The molecule has 2 aliphatic rings. The number of halogens is 3. The van der Waals surface area contributed by atoms with Crippen LogP contribution in [0.3, 0.4) is 0 Å². The van der Waals surface area contributed by atoms with E-state index in [-0.39, 0.29) is 11.8 Å². The average molecular weight is 397 g/mol. The fourth-order valence-corrected chi connectivity index (χ4v) is 4.57. The van der Waals surface area contributed by atoms with E-state index in [2.05, 4.69) is 10.2 Å². The summed E-state index contributed by atoms with van der Waals surface area (Å²) < 4.78 is 48.4. The number of piperidine rings is 1. The van der Waals surface area contributed by atoms with Crippen molar-refractivity contribution in [1.29, 1.82) is 0 Å². The summed E-state index contributed by atoms with van der Waals surface area (Å²) in [6, 6.07) is 3.66. The third-order valence-corrected chi connectivity index (χ3v) is 6.06. The van der Waals surface area contributed by atoms with Gasteiger partial charge in [0.15, 0.2) is 11.5 Å². The Balaban J connectivity index is 1.68. The van der Waals surface area contributed by atoms with E-state index in [4.69, 9.17) is 9.84 Å². The second-order valence-electron chi connectivity index (χ2n) is 9.01. The summed E-state index contributed by atoms with van der Waals surface area (Å²) in [6.07, 6.45) is -3.25. The Morgan fingerprint density at radius 3 is 2.46 bits per heavy atom. The number of fused-ring (bicyclic) bond motifs is 1. The molecule has 0 saturated carbocycles. The monoisotopic (exact) mass is 397 g/mol. The van der Waals surface area contributed by atoms with E-state index < -0.39 is 17.5 Å². The topological polar surface area (TPSA) is 55.5 Å². The van der Waals surface area contributed by atoms with Gasteiger partial charge in [0.1, 0.15) is 5.82 Å². The molecule has 1 atom stereocenters. The van der Waals surface area contributed by atoms with E-state index in [1.165, 1.54) is 0 Å². The molecule has 2 aromatic rings. The van der Waals surface area contributed by atoms with Crippen LogP contribution >= 0.6 is 0 Å². The van der Waals surface area contributed by atoms with Gasteiger partial charge in [-0.2, -0.15) is 17.7 Å². The maximum Gasteiger partial charge on any atom is 0.392 e. The molecule has 4 rings (SSSR count). The highest BCUT2D eigenvalue weighted by Gasteiger charge is 2.56. The van der Waals surface area contributed by atoms with E-state index in [9.17, 15) is 13.2 Å². The molecular formula is C19H26F3N5O. The van der Waals surface area contributed by atoms with Crippen molar-refractivity contribution in [2.75, 3.05) is 31.2 Å². The predicted octanol–water partition coefficient (Wildman–Crippen LogP) is 3.61. The largest absolute Gasteiger partial charge is 0.392 e. The molecule has 0 aliphatic carbocycles. The highest BCUT2D eigenvalue weighted by molar-refractivity contribution is 5.47. The Morgan fingerprint density at radius 1 is 1.11 bits per heavy atom. The summed E-state index contributed by atoms with van der Waals surface area (Å²) in [6.45, 7) is 7.53. The third kappa shape index (κ3) is 3.33. The summed E-state index contributed by atoms with van der Waals surface area (Å²) in [4.78, 5) is 1.99. The highest BCUT2D eigenvalue weighted by Crippen LogP contribution is 2.51. The number of anilines is 1. The van der Waals surface area contributed by atoms with E-state index in [0.717, 1.165) is 5.82 Å². The molecule has 0 aromatic carbocycles. The van der Waals surface area contributed by atoms with Crippen LogP contribution in [0.4, 0.5) is 19.0 Å². The van der Waals surface area contributed by atoms with Crippen LogP contribution in [0.25, 0.3) is 5.65 Å². The number of ether oxygens (including phenoxy) is 1. The van der Waals surface area contributed by atoms with Crippen LogP contribution < -0.4 is 4.90 Å². The molecule has 1 spiro atoms. The lowest BCUT2D eigenvalue weighted by Crippen LogP contribution is -2.55. The quantitative estimate of drug-likeness (QED) is 0.736. The molecule has 2 aliphatic heterocycles. The zero-order valence-corrected chi connectivity index (χ0v) is 16.5. The Hall–Kier alpha value is -1.90. The minimum atomic E-state index is -4.19. The van der Waals surface area contributed by atoms with Crippen molar-refractivity contribution in [3.63, 3.8) is 0 Å². The number of hydrogen-bond acceptors (Lipinski definition) is 5. The molecule has 0 radical (unpaired) electrons. The van der Waals surface area contributed by atoms with Crippen molar-refractivity contribution in [2.45, 2.75) is 51.6 Å². The average Bonchev–Trinajstić information content (AvgIpc) is 3.04. The Bertz CT molecular complexity index is 851. The van der Waals surface area contributed by atoms with Gasteiger partial charge < -0.3 is 9.64 Å². The van der Waals surface area contributed by atoms with Gasteiger partial charge in [0.2, 0.25) is 0 Å². The molecule has 6 nitrogen and oxygen atoms in total. The van der Waals surface area contributed by atoms with Crippen molar-refractivity contribution >= 4 is 11.5 Å². The summed E-state index contributed by atoms with van der Waals surface area (Å²) in [5.74, 6) is 0.114. The van der Waals surface area contributed by atoms with Gasteiger partial charge in [-0.1, -0.05) is 20.8 Å². The zero-order valence-electron chi connectivity index (χ0n) is 16.5. The number of rotatable bonds is 1. The van der Waals surface area contributed by atoms with Crippen LogP contribution in [-0.4, -0.2) is 52.3 Å². The fraction of sp³-hybridized carbons (Fsp3) is 0.737. The van der Waals surface area contributed by atoms with Gasteiger partial charge in [0.25, 0.3) is 0 Å². The van der Waals surface area contributed by atoms with Crippen LogP contribution in [-0.2, 0) is 10.2 Å².